The van der Waals surface area contributed by atoms with Gasteiger partial charge in [-0.05, 0) is 37.4 Å². The van der Waals surface area contributed by atoms with Crippen LogP contribution in [0.3, 0.4) is 0 Å². The van der Waals surface area contributed by atoms with Crippen LogP contribution in [0.1, 0.15) is 21.5 Å². The number of hydrogen-bond acceptors (Lipinski definition) is 3. The third kappa shape index (κ3) is 5.20. The average Bonchev–Trinajstić information content (AvgIpc) is 2.54. The van der Waals surface area contributed by atoms with E-state index in [1.165, 1.54) is 0 Å². The van der Waals surface area contributed by atoms with Crippen molar-refractivity contribution in [3.8, 4) is 0 Å². The van der Waals surface area contributed by atoms with Crippen LogP contribution < -0.4 is 0 Å². The molecule has 1 N–H and O–H groups in total. The Bertz CT molecular complexity index is 626. The van der Waals surface area contributed by atoms with E-state index in [2.05, 4.69) is 4.90 Å². The number of carbonyl (C=O) groups is 1. The van der Waals surface area contributed by atoms with Crippen molar-refractivity contribution in [2.75, 3.05) is 27.2 Å². The molecule has 2 aromatic rings. The van der Waals surface area contributed by atoms with Crippen LogP contribution in [0.2, 0.25) is 0 Å². The molecular weight excluding hydrogens is 288 g/mol. The minimum atomic E-state index is -0.0523. The van der Waals surface area contributed by atoms with Crippen molar-refractivity contribution in [3.63, 3.8) is 0 Å². The molecule has 0 aromatic heterocycles. The molecule has 0 unspecified atom stereocenters. The van der Waals surface area contributed by atoms with E-state index in [1.54, 1.807) is 4.90 Å². The van der Waals surface area contributed by atoms with E-state index in [9.17, 15) is 9.90 Å². The molecule has 122 valence electrons. The van der Waals surface area contributed by atoms with Gasteiger partial charge in [-0.15, -0.1) is 0 Å². The first-order chi connectivity index (χ1) is 11.1. The number of aliphatic hydroxyl groups is 1. The van der Waals surface area contributed by atoms with Gasteiger partial charge < -0.3 is 14.9 Å². The van der Waals surface area contributed by atoms with Gasteiger partial charge in [0.05, 0.1) is 6.61 Å². The summed E-state index contributed by atoms with van der Waals surface area (Å²) in [4.78, 5) is 16.5. The monoisotopic (exact) mass is 312 g/mol. The van der Waals surface area contributed by atoms with Gasteiger partial charge in [-0.25, -0.2) is 0 Å². The summed E-state index contributed by atoms with van der Waals surface area (Å²) in [6, 6.07) is 17.5. The highest BCUT2D eigenvalue weighted by Crippen LogP contribution is 2.12. The normalized spacial score (nSPS) is 10.8. The Labute approximate surface area is 138 Å². The van der Waals surface area contributed by atoms with E-state index in [-0.39, 0.29) is 12.5 Å². The van der Waals surface area contributed by atoms with Gasteiger partial charge in [-0.1, -0.05) is 42.5 Å². The van der Waals surface area contributed by atoms with Crippen LogP contribution in [0.5, 0.6) is 0 Å². The second-order valence-electron chi connectivity index (χ2n) is 5.87. The third-order valence-electron chi connectivity index (χ3n) is 3.55. The number of benzene rings is 2. The predicted octanol–water partition coefficient (Wildman–Crippen LogP) is 2.38. The molecule has 2 rings (SSSR count). The standard InChI is InChI=1S/C19H24N2O2/c1-20(2)14-17-9-6-10-18(13-17)19(23)21(11-12-22)15-16-7-4-3-5-8-16/h3-10,13,22H,11-12,14-15H2,1-2H3. The molecule has 0 heterocycles. The molecule has 0 saturated carbocycles. The van der Waals surface area contributed by atoms with Crippen molar-refractivity contribution in [2.24, 2.45) is 0 Å². The Morgan fingerprint density at radius 2 is 1.65 bits per heavy atom. The lowest BCUT2D eigenvalue weighted by Gasteiger charge is -2.22. The van der Waals surface area contributed by atoms with Gasteiger partial charge >= 0.3 is 0 Å². The third-order valence-corrected chi connectivity index (χ3v) is 3.55. The molecule has 0 saturated heterocycles. The van der Waals surface area contributed by atoms with Crippen molar-refractivity contribution in [2.45, 2.75) is 13.1 Å². The second kappa shape index (κ2) is 8.46. The molecule has 0 fully saturated rings. The van der Waals surface area contributed by atoms with Crippen LogP contribution in [0.4, 0.5) is 0 Å². The van der Waals surface area contributed by atoms with Crippen LogP contribution >= 0.6 is 0 Å². The van der Waals surface area contributed by atoms with Crippen molar-refractivity contribution in [1.29, 1.82) is 0 Å². The highest BCUT2D eigenvalue weighted by molar-refractivity contribution is 5.94. The quantitative estimate of drug-likeness (QED) is 0.854. The number of aliphatic hydroxyl groups excluding tert-OH is 1. The van der Waals surface area contributed by atoms with Gasteiger partial charge in [0, 0.05) is 25.2 Å². The summed E-state index contributed by atoms with van der Waals surface area (Å²) >= 11 is 0. The summed E-state index contributed by atoms with van der Waals surface area (Å²) in [7, 11) is 4.00. The van der Waals surface area contributed by atoms with Gasteiger partial charge in [-0.3, -0.25) is 4.79 Å². The van der Waals surface area contributed by atoms with E-state index < -0.39 is 0 Å². The highest BCUT2D eigenvalue weighted by Gasteiger charge is 2.16. The van der Waals surface area contributed by atoms with E-state index in [4.69, 9.17) is 0 Å². The molecule has 0 bridgehead atoms. The Hall–Kier alpha value is -2.17. The van der Waals surface area contributed by atoms with E-state index in [0.29, 0.717) is 18.7 Å². The molecule has 0 aliphatic rings. The summed E-state index contributed by atoms with van der Waals surface area (Å²) in [6.07, 6.45) is 0. The topological polar surface area (TPSA) is 43.8 Å². The average molecular weight is 312 g/mol. The maximum Gasteiger partial charge on any atom is 0.254 e. The molecular formula is C19H24N2O2. The lowest BCUT2D eigenvalue weighted by atomic mass is 10.1. The van der Waals surface area contributed by atoms with Gasteiger partial charge in [0.1, 0.15) is 0 Å². The minimum absolute atomic E-state index is 0.0457. The lowest BCUT2D eigenvalue weighted by molar-refractivity contribution is 0.0707. The Balaban J connectivity index is 2.17. The molecule has 2 aromatic carbocycles. The highest BCUT2D eigenvalue weighted by atomic mass is 16.3. The maximum atomic E-state index is 12.8. The first-order valence-corrected chi connectivity index (χ1v) is 7.78. The fourth-order valence-corrected chi connectivity index (χ4v) is 2.53. The van der Waals surface area contributed by atoms with Gasteiger partial charge in [0.2, 0.25) is 0 Å². The number of nitrogens with zero attached hydrogens (tertiary/aromatic N) is 2. The van der Waals surface area contributed by atoms with E-state index in [0.717, 1.165) is 17.7 Å². The van der Waals surface area contributed by atoms with Crippen molar-refractivity contribution in [1.82, 2.24) is 9.80 Å². The fourth-order valence-electron chi connectivity index (χ4n) is 2.53. The Kier molecular flexibility index (Phi) is 6.32. The maximum absolute atomic E-state index is 12.8. The second-order valence-corrected chi connectivity index (χ2v) is 5.87. The van der Waals surface area contributed by atoms with Crippen LogP contribution in [0, 0.1) is 0 Å². The summed E-state index contributed by atoms with van der Waals surface area (Å²) < 4.78 is 0. The van der Waals surface area contributed by atoms with Gasteiger partial charge in [-0.2, -0.15) is 0 Å². The molecule has 0 spiro atoms. The van der Waals surface area contributed by atoms with Gasteiger partial charge in [0.25, 0.3) is 5.91 Å². The summed E-state index contributed by atoms with van der Waals surface area (Å²) in [5, 5.41) is 9.28. The number of hydrogen-bond donors (Lipinski definition) is 1. The molecule has 23 heavy (non-hydrogen) atoms. The zero-order chi connectivity index (χ0) is 16.7. The first kappa shape index (κ1) is 17.2. The van der Waals surface area contributed by atoms with Crippen LogP contribution in [-0.4, -0.2) is 48.1 Å². The fraction of sp³-hybridized carbons (Fsp3) is 0.316. The van der Waals surface area contributed by atoms with Crippen LogP contribution in [0.25, 0.3) is 0 Å². The molecule has 0 aliphatic heterocycles. The number of amides is 1. The molecule has 1 amide bonds. The molecule has 0 atom stereocenters. The van der Waals surface area contributed by atoms with Crippen molar-refractivity contribution in [3.05, 3.63) is 71.3 Å². The number of rotatable bonds is 7. The molecule has 4 nitrogen and oxygen atoms in total. The van der Waals surface area contributed by atoms with E-state index >= 15 is 0 Å². The largest absolute Gasteiger partial charge is 0.395 e. The summed E-state index contributed by atoms with van der Waals surface area (Å²) in [6.45, 7) is 1.57. The Morgan fingerprint density at radius 1 is 0.957 bits per heavy atom. The van der Waals surface area contributed by atoms with E-state index in [1.807, 2.05) is 68.7 Å². The molecule has 0 aliphatic carbocycles. The lowest BCUT2D eigenvalue weighted by Crippen LogP contribution is -2.33. The summed E-state index contributed by atoms with van der Waals surface area (Å²) in [5.74, 6) is -0.0523. The SMILES string of the molecule is CN(C)Cc1cccc(C(=O)N(CCO)Cc2ccccc2)c1. The van der Waals surface area contributed by atoms with Crippen LogP contribution in [0.15, 0.2) is 54.6 Å². The van der Waals surface area contributed by atoms with Crippen molar-refractivity contribution >= 4 is 5.91 Å². The first-order valence-electron chi connectivity index (χ1n) is 7.78. The summed E-state index contributed by atoms with van der Waals surface area (Å²) in [5.41, 5.74) is 2.82. The smallest absolute Gasteiger partial charge is 0.254 e. The van der Waals surface area contributed by atoms with Crippen LogP contribution in [-0.2, 0) is 13.1 Å². The minimum Gasteiger partial charge on any atom is -0.395 e. The van der Waals surface area contributed by atoms with Gasteiger partial charge in [0.15, 0.2) is 0 Å². The van der Waals surface area contributed by atoms with Crippen molar-refractivity contribution < 1.29 is 9.90 Å². The predicted molar refractivity (Wildman–Crippen MR) is 92.1 cm³/mol. The zero-order valence-corrected chi connectivity index (χ0v) is 13.8. The number of carbonyl (C=O) groups excluding carboxylic acids is 1. The molecule has 0 radical (unpaired) electrons. The molecule has 4 heteroatoms. The Morgan fingerprint density at radius 3 is 2.30 bits per heavy atom. The zero-order valence-electron chi connectivity index (χ0n) is 13.8.